The van der Waals surface area contributed by atoms with E-state index in [0.717, 1.165) is 6.07 Å². The highest BCUT2D eigenvalue weighted by Gasteiger charge is 2.06. The summed E-state index contributed by atoms with van der Waals surface area (Å²) in [5.74, 6) is -0.284. The van der Waals surface area contributed by atoms with Gasteiger partial charge >= 0.3 is 10.4 Å². The summed E-state index contributed by atoms with van der Waals surface area (Å²) in [6.07, 6.45) is 0. The molecule has 2 N–H and O–H groups in total. The molecule has 0 bridgehead atoms. The maximum atomic E-state index is 10.2. The van der Waals surface area contributed by atoms with Gasteiger partial charge in [-0.05, 0) is 12.1 Å². The molecule has 1 rings (SSSR count). The highest BCUT2D eigenvalue weighted by Crippen LogP contribution is 2.18. The second-order valence-corrected chi connectivity index (χ2v) is 3.03. The molecular weight excluding hydrogens is 184 g/mol. The first-order chi connectivity index (χ1) is 5.47. The monoisotopic (exact) mass is 190 g/mol. The zero-order valence-electron chi connectivity index (χ0n) is 5.84. The molecule has 0 aliphatic rings. The third kappa shape index (κ3) is 2.77. The van der Waals surface area contributed by atoms with Crippen molar-refractivity contribution in [2.75, 3.05) is 0 Å². The zero-order chi connectivity index (χ0) is 9.19. The molecule has 1 aromatic rings. The predicted molar refractivity (Wildman–Crippen MR) is 40.3 cm³/mol. The number of aromatic hydroxyl groups is 1. The summed E-state index contributed by atoms with van der Waals surface area (Å²) in [7, 11) is -4.51. The highest BCUT2D eigenvalue weighted by molar-refractivity contribution is 7.81. The van der Waals surface area contributed by atoms with Gasteiger partial charge in [-0.15, -0.1) is 0 Å². The summed E-state index contributed by atoms with van der Waals surface area (Å²) < 4.78 is 32.6. The maximum Gasteiger partial charge on any atom is 0.446 e. The van der Waals surface area contributed by atoms with Gasteiger partial charge in [0.2, 0.25) is 0 Å². The van der Waals surface area contributed by atoms with E-state index in [1.807, 2.05) is 0 Å². The molecule has 0 saturated heterocycles. The second-order valence-electron chi connectivity index (χ2n) is 2.01. The molecule has 0 radical (unpaired) electrons. The van der Waals surface area contributed by atoms with Crippen molar-refractivity contribution in [3.05, 3.63) is 24.3 Å². The van der Waals surface area contributed by atoms with E-state index in [2.05, 4.69) is 4.18 Å². The molecule has 0 aromatic heterocycles. The van der Waals surface area contributed by atoms with Gasteiger partial charge in [0.1, 0.15) is 11.5 Å². The minimum atomic E-state index is -4.51. The fourth-order valence-corrected chi connectivity index (χ4v) is 1.00. The molecule has 66 valence electrons. The number of hydrogen-bond donors (Lipinski definition) is 2. The summed E-state index contributed by atoms with van der Waals surface area (Å²) >= 11 is 0. The van der Waals surface area contributed by atoms with Crippen LogP contribution in [0.1, 0.15) is 0 Å². The van der Waals surface area contributed by atoms with Crippen LogP contribution in [0.15, 0.2) is 24.3 Å². The third-order valence-corrected chi connectivity index (χ3v) is 1.42. The van der Waals surface area contributed by atoms with Crippen LogP contribution in [-0.2, 0) is 10.4 Å². The Morgan fingerprint density at radius 1 is 1.33 bits per heavy atom. The largest absolute Gasteiger partial charge is 0.508 e. The summed E-state index contributed by atoms with van der Waals surface area (Å²) in [6, 6.07) is 5.08. The quantitative estimate of drug-likeness (QED) is 0.666. The van der Waals surface area contributed by atoms with Gasteiger partial charge in [0.25, 0.3) is 0 Å². The number of benzene rings is 1. The lowest BCUT2D eigenvalue weighted by molar-refractivity contribution is 0.385. The van der Waals surface area contributed by atoms with Gasteiger partial charge in [-0.2, -0.15) is 8.42 Å². The molecular formula is C6H6O5S. The van der Waals surface area contributed by atoms with Crippen molar-refractivity contribution in [2.45, 2.75) is 0 Å². The first kappa shape index (κ1) is 8.82. The van der Waals surface area contributed by atoms with E-state index in [4.69, 9.17) is 9.66 Å². The first-order valence-corrected chi connectivity index (χ1v) is 4.30. The Bertz CT molecular complexity index is 369. The fourth-order valence-electron chi connectivity index (χ4n) is 0.657. The molecule has 0 saturated carbocycles. The standard InChI is InChI=1S/C6H6O5S/c7-5-2-1-3-6(4-5)11-12(8,9)10/h1-4,7H,(H,8,9,10). The Labute approximate surface area is 69.2 Å². The first-order valence-electron chi connectivity index (χ1n) is 2.93. The molecule has 0 amide bonds. The van der Waals surface area contributed by atoms with Crippen LogP contribution in [-0.4, -0.2) is 18.1 Å². The van der Waals surface area contributed by atoms with E-state index in [9.17, 15) is 8.42 Å². The van der Waals surface area contributed by atoms with E-state index >= 15 is 0 Å². The lowest BCUT2D eigenvalue weighted by Crippen LogP contribution is -2.06. The lowest BCUT2D eigenvalue weighted by atomic mass is 10.3. The SMILES string of the molecule is O=S(=O)(O)Oc1cccc(O)c1. The molecule has 0 heterocycles. The number of hydrogen-bond acceptors (Lipinski definition) is 4. The Morgan fingerprint density at radius 3 is 2.50 bits per heavy atom. The van der Waals surface area contributed by atoms with Crippen molar-refractivity contribution in [2.24, 2.45) is 0 Å². The average molecular weight is 190 g/mol. The molecule has 0 atom stereocenters. The lowest BCUT2D eigenvalue weighted by Gasteiger charge is -2.00. The average Bonchev–Trinajstić information content (AvgIpc) is 1.82. The molecule has 0 unspecified atom stereocenters. The minimum Gasteiger partial charge on any atom is -0.508 e. The molecule has 1 aromatic carbocycles. The van der Waals surface area contributed by atoms with Crippen LogP contribution in [0.5, 0.6) is 11.5 Å². The van der Waals surface area contributed by atoms with E-state index in [0.29, 0.717) is 0 Å². The molecule has 0 fully saturated rings. The summed E-state index contributed by atoms with van der Waals surface area (Å²) in [5.41, 5.74) is 0. The van der Waals surface area contributed by atoms with Crippen LogP contribution in [0.4, 0.5) is 0 Å². The van der Waals surface area contributed by atoms with Crippen molar-refractivity contribution >= 4 is 10.4 Å². The van der Waals surface area contributed by atoms with Crippen molar-refractivity contribution in [1.29, 1.82) is 0 Å². The van der Waals surface area contributed by atoms with E-state index in [1.165, 1.54) is 18.2 Å². The van der Waals surface area contributed by atoms with Gasteiger partial charge in [0.15, 0.2) is 0 Å². The van der Waals surface area contributed by atoms with E-state index in [-0.39, 0.29) is 11.5 Å². The second kappa shape index (κ2) is 3.00. The van der Waals surface area contributed by atoms with Gasteiger partial charge in [0, 0.05) is 6.07 Å². The minimum absolute atomic E-state index is 0.141. The van der Waals surface area contributed by atoms with Crippen molar-refractivity contribution in [1.82, 2.24) is 0 Å². The Kier molecular flexibility index (Phi) is 2.20. The van der Waals surface area contributed by atoms with E-state index < -0.39 is 10.4 Å². The van der Waals surface area contributed by atoms with Gasteiger partial charge in [0.05, 0.1) is 0 Å². The summed E-state index contributed by atoms with van der Waals surface area (Å²) in [5, 5.41) is 8.85. The van der Waals surface area contributed by atoms with Gasteiger partial charge in [-0.1, -0.05) is 6.07 Å². The summed E-state index contributed by atoms with van der Waals surface area (Å²) in [6.45, 7) is 0. The molecule has 5 nitrogen and oxygen atoms in total. The van der Waals surface area contributed by atoms with Crippen molar-refractivity contribution in [3.63, 3.8) is 0 Å². The molecule has 12 heavy (non-hydrogen) atoms. The molecule has 6 heteroatoms. The zero-order valence-corrected chi connectivity index (χ0v) is 6.65. The number of rotatable bonds is 2. The fraction of sp³-hybridized carbons (Fsp3) is 0. The topological polar surface area (TPSA) is 83.8 Å². The van der Waals surface area contributed by atoms with Crippen LogP contribution in [0.3, 0.4) is 0 Å². The van der Waals surface area contributed by atoms with Crippen molar-refractivity contribution < 1.29 is 22.3 Å². The highest BCUT2D eigenvalue weighted by atomic mass is 32.3. The summed E-state index contributed by atoms with van der Waals surface area (Å²) in [4.78, 5) is 0. The smallest absolute Gasteiger partial charge is 0.446 e. The Hall–Kier alpha value is -1.27. The van der Waals surface area contributed by atoms with Crippen LogP contribution in [0.2, 0.25) is 0 Å². The number of phenolic OH excluding ortho intramolecular Hbond substituents is 1. The predicted octanol–water partition coefficient (Wildman–Crippen LogP) is 0.574. The van der Waals surface area contributed by atoms with E-state index in [1.54, 1.807) is 0 Å². The van der Waals surface area contributed by atoms with Gasteiger partial charge < -0.3 is 9.29 Å². The van der Waals surface area contributed by atoms with Crippen molar-refractivity contribution in [3.8, 4) is 11.5 Å². The van der Waals surface area contributed by atoms with Crippen LogP contribution in [0, 0.1) is 0 Å². The normalized spacial score (nSPS) is 11.1. The van der Waals surface area contributed by atoms with Crippen LogP contribution in [0.25, 0.3) is 0 Å². The Morgan fingerprint density at radius 2 is 2.00 bits per heavy atom. The molecule has 0 aliphatic carbocycles. The van der Waals surface area contributed by atoms with Gasteiger partial charge in [-0.3, -0.25) is 4.55 Å². The van der Waals surface area contributed by atoms with Gasteiger partial charge in [-0.25, -0.2) is 0 Å². The molecule has 0 spiro atoms. The third-order valence-electron chi connectivity index (χ3n) is 1.02. The van der Waals surface area contributed by atoms with Crippen LogP contribution >= 0.6 is 0 Å². The van der Waals surface area contributed by atoms with Crippen LogP contribution < -0.4 is 4.18 Å². The maximum absolute atomic E-state index is 10.2. The number of phenols is 1. The Balaban J connectivity index is 2.91. The molecule has 0 aliphatic heterocycles.